The van der Waals surface area contributed by atoms with Gasteiger partial charge in [0, 0.05) is 42.7 Å². The number of pyridine rings is 1. The van der Waals surface area contributed by atoms with Crippen molar-refractivity contribution in [3.05, 3.63) is 71.6 Å². The van der Waals surface area contributed by atoms with Gasteiger partial charge in [0.1, 0.15) is 17.0 Å². The molecule has 6 rings (SSSR count). The van der Waals surface area contributed by atoms with Crippen LogP contribution in [0.3, 0.4) is 0 Å². The van der Waals surface area contributed by atoms with E-state index < -0.39 is 65.8 Å². The molecule has 13 heteroatoms. The van der Waals surface area contributed by atoms with Gasteiger partial charge in [-0.3, -0.25) is 4.98 Å². The summed E-state index contributed by atoms with van der Waals surface area (Å²) in [6.45, 7) is 3.27. The highest BCUT2D eigenvalue weighted by Gasteiger charge is 2.39. The summed E-state index contributed by atoms with van der Waals surface area (Å²) in [4.78, 5) is 42.0. The minimum atomic E-state index is -3.51. The van der Waals surface area contributed by atoms with Crippen molar-refractivity contribution < 1.29 is 36.8 Å². The lowest BCUT2D eigenvalue weighted by Crippen LogP contribution is -2.47. The molecule has 48 heavy (non-hydrogen) atoms. The first-order valence-corrected chi connectivity index (χ1v) is 15.4. The fourth-order valence-corrected chi connectivity index (χ4v) is 5.87. The van der Waals surface area contributed by atoms with Crippen LogP contribution in [0.15, 0.2) is 48.9 Å². The summed E-state index contributed by atoms with van der Waals surface area (Å²) in [6.07, 6.45) is 2.25. The normalized spacial score (nSPS) is 17.8. The van der Waals surface area contributed by atoms with Gasteiger partial charge in [0.05, 0.1) is 23.5 Å². The van der Waals surface area contributed by atoms with Crippen molar-refractivity contribution in [2.45, 2.75) is 97.4 Å². The van der Waals surface area contributed by atoms with Crippen molar-refractivity contribution in [2.75, 3.05) is 4.90 Å². The zero-order valence-electron chi connectivity index (χ0n) is 33.4. The number of carbonyl (C=O) groups is 2. The lowest BCUT2D eigenvalue weighted by atomic mass is 9.90. The fourth-order valence-electron chi connectivity index (χ4n) is 5.87. The van der Waals surface area contributed by atoms with Gasteiger partial charge < -0.3 is 14.6 Å². The Morgan fingerprint density at radius 3 is 2.46 bits per heavy atom. The molecule has 0 saturated carbocycles. The number of rotatable bonds is 4. The smallest absolute Gasteiger partial charge is 0.419 e. The number of aromatic nitrogens is 6. The molecule has 0 aliphatic heterocycles. The maximum absolute atomic E-state index is 14.5. The molecule has 252 valence electrons. The Balaban J connectivity index is 1.60. The third-order valence-electron chi connectivity index (χ3n) is 7.69. The molecule has 1 N–H and O–H groups in total. The molecule has 1 amide bonds. The number of aliphatic hydroxyl groups is 1. The Morgan fingerprint density at radius 1 is 1.04 bits per heavy atom. The van der Waals surface area contributed by atoms with Crippen molar-refractivity contribution in [3.63, 3.8) is 0 Å². The Kier molecular flexibility index (Phi) is 6.33. The van der Waals surface area contributed by atoms with E-state index >= 15 is 0 Å². The van der Waals surface area contributed by atoms with Crippen LogP contribution < -0.4 is 4.90 Å². The largest absolute Gasteiger partial charge is 0.443 e. The molecule has 0 spiro atoms. The predicted molar refractivity (Wildman–Crippen MR) is 177 cm³/mol. The number of nitrogens with zero attached hydrogens (tertiary/aromatic N) is 7. The van der Waals surface area contributed by atoms with Crippen LogP contribution in [0, 0.1) is 5.82 Å². The highest BCUT2D eigenvalue weighted by molar-refractivity contribution is 5.94. The molecule has 1 atom stereocenters. The van der Waals surface area contributed by atoms with E-state index in [1.165, 1.54) is 15.7 Å². The van der Waals surface area contributed by atoms with E-state index in [0.29, 0.717) is 11.2 Å². The van der Waals surface area contributed by atoms with Crippen LogP contribution in [-0.2, 0) is 27.9 Å². The number of hydrogen-bond acceptors (Lipinski definition) is 9. The molecule has 1 aliphatic rings. The summed E-state index contributed by atoms with van der Waals surface area (Å²) in [5, 5.41) is 16.5. The van der Waals surface area contributed by atoms with Crippen LogP contribution in [-0.4, -0.2) is 63.7 Å². The second-order valence-corrected chi connectivity index (χ2v) is 13.7. The van der Waals surface area contributed by atoms with Gasteiger partial charge in [0.2, 0.25) is 5.95 Å². The SMILES string of the molecule is [2H]C([2H])([2H])C(O)(c1cnn2c(N(C(=O)OC(C)(C)C)[C@@H]3CCc4c(c5ccccc5n4C(=O)OC(C)(C)C)C3)nc(-c3cncc(F)c3)nc12)C([2H])([2H])[2H]. The van der Waals surface area contributed by atoms with Gasteiger partial charge in [-0.15, -0.1) is 0 Å². The van der Waals surface area contributed by atoms with E-state index in [1.807, 2.05) is 12.1 Å². The predicted octanol–water partition coefficient (Wildman–Crippen LogP) is 6.59. The molecule has 0 fully saturated rings. The number of fused-ring (bicyclic) bond motifs is 4. The first-order chi connectivity index (χ1) is 24.9. The van der Waals surface area contributed by atoms with Crippen LogP contribution >= 0.6 is 0 Å². The number of carbonyl (C=O) groups excluding carboxylic acids is 2. The molecular formula is C35H40FN7O5. The molecule has 0 saturated heterocycles. The Hall–Kier alpha value is -4.91. The van der Waals surface area contributed by atoms with E-state index in [4.69, 9.17) is 17.7 Å². The molecule has 1 aliphatic carbocycles. The van der Waals surface area contributed by atoms with Crippen molar-refractivity contribution >= 4 is 34.7 Å². The van der Waals surface area contributed by atoms with Crippen LogP contribution in [0.25, 0.3) is 27.9 Å². The average molecular weight is 664 g/mol. The zero-order chi connectivity index (χ0) is 39.8. The topological polar surface area (TPSA) is 137 Å². The summed E-state index contributed by atoms with van der Waals surface area (Å²) in [7, 11) is 0. The molecule has 0 radical (unpaired) electrons. The maximum Gasteiger partial charge on any atom is 0.419 e. The number of anilines is 1. The lowest BCUT2D eigenvalue weighted by Gasteiger charge is -2.35. The molecule has 0 unspecified atom stereocenters. The summed E-state index contributed by atoms with van der Waals surface area (Å²) in [5.41, 5.74) is -4.42. The summed E-state index contributed by atoms with van der Waals surface area (Å²) in [5.74, 6) is -1.34. The van der Waals surface area contributed by atoms with Crippen molar-refractivity contribution in [2.24, 2.45) is 0 Å². The van der Waals surface area contributed by atoms with Gasteiger partial charge >= 0.3 is 12.2 Å². The van der Waals surface area contributed by atoms with Crippen LogP contribution in [0.2, 0.25) is 0 Å². The summed E-state index contributed by atoms with van der Waals surface area (Å²) >= 11 is 0. The van der Waals surface area contributed by atoms with Crippen LogP contribution in [0.5, 0.6) is 0 Å². The van der Waals surface area contributed by atoms with Crippen molar-refractivity contribution in [1.82, 2.24) is 29.1 Å². The quantitative estimate of drug-likeness (QED) is 0.226. The zero-order valence-corrected chi connectivity index (χ0v) is 27.4. The average Bonchev–Trinajstić information content (AvgIpc) is 3.61. The number of hydrogen-bond donors (Lipinski definition) is 1. The Labute approximate surface area is 286 Å². The highest BCUT2D eigenvalue weighted by atomic mass is 19.1. The lowest BCUT2D eigenvalue weighted by molar-refractivity contribution is 0.0527. The first kappa shape index (κ1) is 26.1. The summed E-state index contributed by atoms with van der Waals surface area (Å²) < 4.78 is 77.2. The Morgan fingerprint density at radius 2 is 1.77 bits per heavy atom. The minimum Gasteiger partial charge on any atom is -0.443 e. The Bertz CT molecular complexity index is 2260. The molecule has 1 aromatic carbocycles. The summed E-state index contributed by atoms with van der Waals surface area (Å²) in [6, 6.07) is 7.58. The number of halogens is 1. The first-order valence-electron chi connectivity index (χ1n) is 18.4. The standard InChI is InChI=1S/C35H40FN7O5/c1-33(2,3)47-31(44)41(22-13-14-27-24(16-22)23-11-9-10-12-26(23)42(27)32(45)48-34(4,5)6)30-40-28(20-15-21(36)18-37-17-20)39-29-25(35(7,8)46)19-38-43(29)30/h9-12,15,17-19,22,46H,13-14,16H2,1-8H3/t22-/m1/s1/i7D3,8D3. The van der Waals surface area contributed by atoms with Gasteiger partial charge in [-0.1, -0.05) is 18.2 Å². The molecular weight excluding hydrogens is 617 g/mol. The third kappa shape index (κ3) is 6.34. The molecule has 4 heterocycles. The number of para-hydroxylation sites is 1. The number of ether oxygens (including phenoxy) is 2. The molecule has 4 aromatic heterocycles. The van der Waals surface area contributed by atoms with Gasteiger partial charge in [-0.25, -0.2) is 28.4 Å². The molecule has 5 aromatic rings. The van der Waals surface area contributed by atoms with Gasteiger partial charge in [0.25, 0.3) is 0 Å². The maximum atomic E-state index is 14.5. The van der Waals surface area contributed by atoms with Crippen LogP contribution in [0.1, 0.15) is 86.7 Å². The van der Waals surface area contributed by atoms with E-state index in [0.717, 1.165) is 33.9 Å². The molecule has 0 bridgehead atoms. The monoisotopic (exact) mass is 663 g/mol. The van der Waals surface area contributed by atoms with Gasteiger partial charge in [0.15, 0.2) is 11.5 Å². The van der Waals surface area contributed by atoms with Crippen molar-refractivity contribution in [3.8, 4) is 11.4 Å². The van der Waals surface area contributed by atoms with E-state index in [-0.39, 0.29) is 36.6 Å². The fraction of sp³-hybridized carbons (Fsp3) is 0.429. The van der Waals surface area contributed by atoms with E-state index in [9.17, 15) is 19.1 Å². The number of benzene rings is 1. The van der Waals surface area contributed by atoms with E-state index in [2.05, 4.69) is 20.1 Å². The second-order valence-electron chi connectivity index (χ2n) is 13.7. The van der Waals surface area contributed by atoms with Crippen LogP contribution in [0.4, 0.5) is 19.9 Å². The van der Waals surface area contributed by atoms with Gasteiger partial charge in [-0.2, -0.15) is 14.6 Å². The second kappa shape index (κ2) is 11.7. The van der Waals surface area contributed by atoms with E-state index in [1.54, 1.807) is 53.7 Å². The third-order valence-corrected chi connectivity index (χ3v) is 7.69. The molecule has 12 nitrogen and oxygen atoms in total. The number of amides is 1. The highest BCUT2D eigenvalue weighted by Crippen LogP contribution is 2.37. The van der Waals surface area contributed by atoms with Gasteiger partial charge in [-0.05, 0) is 92.2 Å². The minimum absolute atomic E-state index is 0.00675. The van der Waals surface area contributed by atoms with Crippen molar-refractivity contribution in [1.29, 1.82) is 0 Å².